The van der Waals surface area contributed by atoms with Crippen LogP contribution < -0.4 is 0 Å². The number of halogens is 3. The molecule has 0 saturated carbocycles. The molecule has 0 aliphatic carbocycles. The number of carbonyl (C=O) groups is 1. The zero-order valence-electron chi connectivity index (χ0n) is 10.7. The SMILES string of the molecule is O=C(c1c(F)cc(F)cc1F)c1cccc2ccccc12. The van der Waals surface area contributed by atoms with Gasteiger partial charge in [0, 0.05) is 17.7 Å². The Labute approximate surface area is 118 Å². The standard InChI is InChI=1S/C17H9F3O/c18-11-8-14(19)16(15(20)9-11)17(21)13-7-3-5-10-4-1-2-6-12(10)13/h1-9H. The van der Waals surface area contributed by atoms with Crippen LogP contribution in [-0.4, -0.2) is 5.78 Å². The van der Waals surface area contributed by atoms with Crippen molar-refractivity contribution in [3.63, 3.8) is 0 Å². The van der Waals surface area contributed by atoms with Crippen LogP contribution in [0.5, 0.6) is 0 Å². The molecular formula is C17H9F3O. The Bertz CT molecular complexity index is 827. The van der Waals surface area contributed by atoms with Crippen LogP contribution in [0.15, 0.2) is 54.6 Å². The van der Waals surface area contributed by atoms with E-state index in [9.17, 15) is 18.0 Å². The van der Waals surface area contributed by atoms with Gasteiger partial charge in [-0.15, -0.1) is 0 Å². The van der Waals surface area contributed by atoms with Gasteiger partial charge in [0.05, 0.1) is 5.56 Å². The highest BCUT2D eigenvalue weighted by Crippen LogP contribution is 2.24. The average Bonchev–Trinajstić information content (AvgIpc) is 2.45. The predicted octanol–water partition coefficient (Wildman–Crippen LogP) is 4.49. The third-order valence-corrected chi connectivity index (χ3v) is 3.27. The minimum absolute atomic E-state index is 0.178. The molecule has 104 valence electrons. The van der Waals surface area contributed by atoms with E-state index < -0.39 is 28.8 Å². The van der Waals surface area contributed by atoms with Crippen molar-refractivity contribution in [2.45, 2.75) is 0 Å². The Hall–Kier alpha value is -2.62. The average molecular weight is 286 g/mol. The van der Waals surface area contributed by atoms with E-state index in [1.165, 1.54) is 6.07 Å². The number of fused-ring (bicyclic) bond motifs is 1. The Morgan fingerprint density at radius 2 is 1.43 bits per heavy atom. The highest BCUT2D eigenvalue weighted by atomic mass is 19.1. The van der Waals surface area contributed by atoms with Crippen molar-refractivity contribution >= 4 is 16.6 Å². The van der Waals surface area contributed by atoms with Gasteiger partial charge in [-0.25, -0.2) is 13.2 Å². The number of carbonyl (C=O) groups excluding carboxylic acids is 1. The zero-order chi connectivity index (χ0) is 15.0. The molecule has 0 aromatic heterocycles. The maximum Gasteiger partial charge on any atom is 0.199 e. The summed E-state index contributed by atoms with van der Waals surface area (Å²) in [5.41, 5.74) is -0.565. The first-order valence-corrected chi connectivity index (χ1v) is 6.25. The van der Waals surface area contributed by atoms with Gasteiger partial charge in [-0.1, -0.05) is 42.5 Å². The van der Waals surface area contributed by atoms with Gasteiger partial charge in [0.2, 0.25) is 0 Å². The van der Waals surface area contributed by atoms with Gasteiger partial charge in [-0.2, -0.15) is 0 Å². The van der Waals surface area contributed by atoms with Gasteiger partial charge < -0.3 is 0 Å². The van der Waals surface area contributed by atoms with Crippen LogP contribution in [-0.2, 0) is 0 Å². The third kappa shape index (κ3) is 2.29. The lowest BCUT2D eigenvalue weighted by molar-refractivity contribution is 0.103. The molecule has 0 saturated heterocycles. The van der Waals surface area contributed by atoms with Gasteiger partial charge >= 0.3 is 0 Å². The van der Waals surface area contributed by atoms with E-state index in [1.807, 2.05) is 0 Å². The van der Waals surface area contributed by atoms with Crippen LogP contribution in [0.2, 0.25) is 0 Å². The lowest BCUT2D eigenvalue weighted by atomic mass is 9.96. The molecule has 0 radical (unpaired) electrons. The summed E-state index contributed by atoms with van der Waals surface area (Å²) in [4.78, 5) is 12.4. The van der Waals surface area contributed by atoms with Crippen molar-refractivity contribution in [1.82, 2.24) is 0 Å². The molecule has 1 nitrogen and oxygen atoms in total. The van der Waals surface area contributed by atoms with Crippen LogP contribution in [0.1, 0.15) is 15.9 Å². The van der Waals surface area contributed by atoms with Gasteiger partial charge in [0.25, 0.3) is 0 Å². The minimum Gasteiger partial charge on any atom is -0.288 e. The number of benzene rings is 3. The highest BCUT2D eigenvalue weighted by Gasteiger charge is 2.21. The molecule has 0 spiro atoms. The summed E-state index contributed by atoms with van der Waals surface area (Å²) in [6, 6.07) is 13.0. The lowest BCUT2D eigenvalue weighted by Crippen LogP contribution is -2.08. The van der Waals surface area contributed by atoms with E-state index in [-0.39, 0.29) is 5.56 Å². The molecule has 3 aromatic rings. The summed E-state index contributed by atoms with van der Waals surface area (Å²) in [5.74, 6) is -4.27. The van der Waals surface area contributed by atoms with Crippen LogP contribution >= 0.6 is 0 Å². The van der Waals surface area contributed by atoms with Crippen molar-refractivity contribution in [1.29, 1.82) is 0 Å². The van der Waals surface area contributed by atoms with Crippen LogP contribution in [0, 0.1) is 17.5 Å². The summed E-state index contributed by atoms with van der Waals surface area (Å²) < 4.78 is 40.4. The molecule has 0 atom stereocenters. The Balaban J connectivity index is 2.22. The molecule has 0 unspecified atom stereocenters. The second-order valence-corrected chi connectivity index (χ2v) is 4.60. The molecule has 3 rings (SSSR count). The molecule has 0 heterocycles. The molecule has 0 fully saturated rings. The fourth-order valence-corrected chi connectivity index (χ4v) is 2.32. The van der Waals surface area contributed by atoms with Gasteiger partial charge in [0.1, 0.15) is 17.5 Å². The molecule has 4 heteroatoms. The first kappa shape index (κ1) is 13.4. The van der Waals surface area contributed by atoms with E-state index in [2.05, 4.69) is 0 Å². The lowest BCUT2D eigenvalue weighted by Gasteiger charge is -2.08. The summed E-state index contributed by atoms with van der Waals surface area (Å²) in [5, 5.41) is 1.37. The Morgan fingerprint density at radius 1 is 0.810 bits per heavy atom. The summed E-state index contributed by atoms with van der Waals surface area (Å²) >= 11 is 0. The monoisotopic (exact) mass is 286 g/mol. The van der Waals surface area contributed by atoms with E-state index in [0.29, 0.717) is 17.5 Å². The number of rotatable bonds is 2. The topological polar surface area (TPSA) is 17.1 Å². The molecule has 3 aromatic carbocycles. The quantitative estimate of drug-likeness (QED) is 0.634. The highest BCUT2D eigenvalue weighted by molar-refractivity contribution is 6.16. The molecule has 0 aliphatic heterocycles. The van der Waals surface area contributed by atoms with E-state index in [4.69, 9.17) is 0 Å². The van der Waals surface area contributed by atoms with Crippen molar-refractivity contribution in [2.24, 2.45) is 0 Å². The molecule has 0 amide bonds. The van der Waals surface area contributed by atoms with Gasteiger partial charge in [0.15, 0.2) is 5.78 Å². The first-order chi connectivity index (χ1) is 10.1. The maximum atomic E-state index is 13.7. The second-order valence-electron chi connectivity index (χ2n) is 4.60. The van der Waals surface area contributed by atoms with E-state index >= 15 is 0 Å². The molecule has 21 heavy (non-hydrogen) atoms. The maximum absolute atomic E-state index is 13.7. The van der Waals surface area contributed by atoms with Gasteiger partial charge in [-0.05, 0) is 10.8 Å². The second kappa shape index (κ2) is 5.05. The van der Waals surface area contributed by atoms with E-state index in [1.54, 1.807) is 36.4 Å². The molecular weight excluding hydrogens is 277 g/mol. The van der Waals surface area contributed by atoms with Gasteiger partial charge in [-0.3, -0.25) is 4.79 Å². The molecule has 0 N–H and O–H groups in total. The van der Waals surface area contributed by atoms with Crippen molar-refractivity contribution in [3.8, 4) is 0 Å². The number of hydrogen-bond acceptors (Lipinski definition) is 1. The van der Waals surface area contributed by atoms with Crippen molar-refractivity contribution < 1.29 is 18.0 Å². The molecule has 0 bridgehead atoms. The largest absolute Gasteiger partial charge is 0.288 e. The summed E-state index contributed by atoms with van der Waals surface area (Å²) in [6.45, 7) is 0. The van der Waals surface area contributed by atoms with Crippen LogP contribution in [0.4, 0.5) is 13.2 Å². The van der Waals surface area contributed by atoms with Crippen LogP contribution in [0.25, 0.3) is 10.8 Å². The number of hydrogen-bond donors (Lipinski definition) is 0. The van der Waals surface area contributed by atoms with E-state index in [0.717, 1.165) is 5.39 Å². The smallest absolute Gasteiger partial charge is 0.199 e. The first-order valence-electron chi connectivity index (χ1n) is 6.25. The predicted molar refractivity (Wildman–Crippen MR) is 73.7 cm³/mol. The minimum atomic E-state index is -1.20. The normalized spacial score (nSPS) is 10.8. The third-order valence-electron chi connectivity index (χ3n) is 3.27. The summed E-state index contributed by atoms with van der Waals surface area (Å²) in [6.07, 6.45) is 0. The molecule has 0 aliphatic rings. The van der Waals surface area contributed by atoms with Crippen LogP contribution in [0.3, 0.4) is 0 Å². The fraction of sp³-hybridized carbons (Fsp3) is 0. The van der Waals surface area contributed by atoms with Crippen molar-refractivity contribution in [2.75, 3.05) is 0 Å². The Kier molecular flexibility index (Phi) is 3.22. The number of ketones is 1. The Morgan fingerprint density at radius 3 is 2.14 bits per heavy atom. The van der Waals surface area contributed by atoms with Crippen molar-refractivity contribution in [3.05, 3.63) is 83.2 Å². The summed E-state index contributed by atoms with van der Waals surface area (Å²) in [7, 11) is 0. The fourth-order valence-electron chi connectivity index (χ4n) is 2.32. The zero-order valence-corrected chi connectivity index (χ0v) is 10.7.